The van der Waals surface area contributed by atoms with Crippen LogP contribution < -0.4 is 4.90 Å². The van der Waals surface area contributed by atoms with Crippen LogP contribution in [-0.2, 0) is 9.47 Å². The van der Waals surface area contributed by atoms with Gasteiger partial charge in [-0.1, -0.05) is 0 Å². The van der Waals surface area contributed by atoms with Gasteiger partial charge in [-0.3, -0.25) is 4.98 Å². The molecule has 3 rings (SSSR count). The molecule has 2 heterocycles. The van der Waals surface area contributed by atoms with Crippen LogP contribution in [0.15, 0.2) is 30.5 Å². The lowest BCUT2D eigenvalue weighted by molar-refractivity contribution is -0.221. The lowest BCUT2D eigenvalue weighted by Gasteiger charge is -2.35. The van der Waals surface area contributed by atoms with E-state index in [1.807, 2.05) is 0 Å². The first-order chi connectivity index (χ1) is 11.9. The molecule has 0 saturated carbocycles. The van der Waals surface area contributed by atoms with Crippen molar-refractivity contribution in [2.24, 2.45) is 0 Å². The van der Waals surface area contributed by atoms with Crippen LogP contribution in [0.1, 0.15) is 17.3 Å². The third kappa shape index (κ3) is 3.68. The number of alkyl halides is 3. The average Bonchev–Trinajstić information content (AvgIpc) is 2.60. The average molecular weight is 354 g/mol. The van der Waals surface area contributed by atoms with Crippen LogP contribution in [0.25, 0.3) is 10.9 Å². The quantitative estimate of drug-likeness (QED) is 0.793. The number of aromatic nitrogens is 1. The molecule has 5 nitrogen and oxygen atoms in total. The minimum absolute atomic E-state index is 0.0139. The predicted octanol–water partition coefficient (Wildman–Crippen LogP) is 3.18. The zero-order chi connectivity index (χ0) is 18.0. The second-order valence-electron chi connectivity index (χ2n) is 5.63. The SMILES string of the molecule is CCOC(=O)c1ccnc2ccc(N3CCO[C@H](C(F)(F)F)C3)cc12. The number of nitrogens with zero attached hydrogens (tertiary/aromatic N) is 2. The molecule has 1 aromatic heterocycles. The van der Waals surface area contributed by atoms with Crippen LogP contribution in [0.3, 0.4) is 0 Å². The molecular weight excluding hydrogens is 337 g/mol. The number of halogens is 3. The number of esters is 1. The van der Waals surface area contributed by atoms with Gasteiger partial charge in [0.25, 0.3) is 0 Å². The highest BCUT2D eigenvalue weighted by atomic mass is 19.4. The normalized spacial score (nSPS) is 18.4. The van der Waals surface area contributed by atoms with E-state index in [0.29, 0.717) is 28.7 Å². The Kier molecular flexibility index (Phi) is 4.80. The van der Waals surface area contributed by atoms with Crippen molar-refractivity contribution in [1.82, 2.24) is 4.98 Å². The largest absolute Gasteiger partial charge is 0.462 e. The summed E-state index contributed by atoms with van der Waals surface area (Å²) in [7, 11) is 0. The van der Waals surface area contributed by atoms with Gasteiger partial charge < -0.3 is 14.4 Å². The highest BCUT2D eigenvalue weighted by Gasteiger charge is 2.43. The van der Waals surface area contributed by atoms with Crippen LogP contribution in [0.4, 0.5) is 18.9 Å². The van der Waals surface area contributed by atoms with Gasteiger partial charge in [0.2, 0.25) is 0 Å². The molecule has 0 unspecified atom stereocenters. The van der Waals surface area contributed by atoms with Gasteiger partial charge in [0, 0.05) is 23.8 Å². The zero-order valence-electron chi connectivity index (χ0n) is 13.5. The van der Waals surface area contributed by atoms with Gasteiger partial charge >= 0.3 is 12.1 Å². The summed E-state index contributed by atoms with van der Waals surface area (Å²) >= 11 is 0. The molecule has 1 fully saturated rings. The van der Waals surface area contributed by atoms with Gasteiger partial charge in [-0.05, 0) is 31.2 Å². The predicted molar refractivity (Wildman–Crippen MR) is 85.7 cm³/mol. The Morgan fingerprint density at radius 3 is 2.92 bits per heavy atom. The molecule has 25 heavy (non-hydrogen) atoms. The van der Waals surface area contributed by atoms with E-state index in [0.717, 1.165) is 0 Å². The number of benzene rings is 1. The van der Waals surface area contributed by atoms with Gasteiger partial charge in [-0.25, -0.2) is 4.79 Å². The van der Waals surface area contributed by atoms with E-state index in [9.17, 15) is 18.0 Å². The standard InChI is InChI=1S/C17H17F3N2O3/c1-2-24-16(23)12-5-6-21-14-4-3-11(9-13(12)14)22-7-8-25-15(10-22)17(18,19)20/h3-6,9,15H,2,7-8,10H2,1H3/t15-/m0/s1. The monoisotopic (exact) mass is 354 g/mol. The third-order valence-electron chi connectivity index (χ3n) is 4.02. The van der Waals surface area contributed by atoms with Crippen LogP contribution >= 0.6 is 0 Å². The Labute approximate surface area is 142 Å². The van der Waals surface area contributed by atoms with Crippen molar-refractivity contribution < 1.29 is 27.4 Å². The summed E-state index contributed by atoms with van der Waals surface area (Å²) in [5.74, 6) is -0.484. The van der Waals surface area contributed by atoms with E-state index in [4.69, 9.17) is 9.47 Å². The van der Waals surface area contributed by atoms with Crippen LogP contribution in [0, 0.1) is 0 Å². The Hall–Kier alpha value is -2.35. The van der Waals surface area contributed by atoms with E-state index >= 15 is 0 Å². The summed E-state index contributed by atoms with van der Waals surface area (Å²) in [4.78, 5) is 17.9. The Bertz CT molecular complexity index is 779. The summed E-state index contributed by atoms with van der Waals surface area (Å²) in [5.41, 5.74) is 1.51. The first-order valence-electron chi connectivity index (χ1n) is 7.89. The summed E-state index contributed by atoms with van der Waals surface area (Å²) in [6.45, 7) is 1.98. The van der Waals surface area contributed by atoms with Gasteiger partial charge in [0.1, 0.15) is 0 Å². The summed E-state index contributed by atoms with van der Waals surface area (Å²) < 4.78 is 48.6. The number of ether oxygens (including phenoxy) is 2. The highest BCUT2D eigenvalue weighted by Crippen LogP contribution is 2.30. The number of anilines is 1. The van der Waals surface area contributed by atoms with Crippen molar-refractivity contribution in [3.8, 4) is 0 Å². The highest BCUT2D eigenvalue weighted by molar-refractivity contribution is 6.04. The molecule has 0 spiro atoms. The Balaban J connectivity index is 1.95. The van der Waals surface area contributed by atoms with Gasteiger partial charge in [-0.15, -0.1) is 0 Å². The number of hydrogen-bond donors (Lipinski definition) is 0. The van der Waals surface area contributed by atoms with E-state index < -0.39 is 18.2 Å². The molecule has 134 valence electrons. The molecule has 1 aromatic carbocycles. The number of fused-ring (bicyclic) bond motifs is 1. The number of pyridine rings is 1. The van der Waals surface area contributed by atoms with Crippen LogP contribution in [-0.4, -0.2) is 49.5 Å². The van der Waals surface area contributed by atoms with Crippen molar-refractivity contribution in [3.05, 3.63) is 36.0 Å². The molecule has 1 aliphatic rings. The first-order valence-corrected chi connectivity index (χ1v) is 7.89. The molecule has 1 atom stereocenters. The fourth-order valence-electron chi connectivity index (χ4n) is 2.80. The number of hydrogen-bond acceptors (Lipinski definition) is 5. The molecular formula is C17H17F3N2O3. The third-order valence-corrected chi connectivity index (χ3v) is 4.02. The summed E-state index contributed by atoms with van der Waals surface area (Å²) in [5, 5.41) is 0.550. The molecule has 0 bridgehead atoms. The lowest BCUT2D eigenvalue weighted by Crippen LogP contribution is -2.49. The van der Waals surface area contributed by atoms with Crippen LogP contribution in [0.2, 0.25) is 0 Å². The summed E-state index contributed by atoms with van der Waals surface area (Å²) in [6, 6.07) is 6.60. The van der Waals surface area contributed by atoms with Crippen molar-refractivity contribution in [2.45, 2.75) is 19.2 Å². The summed E-state index contributed by atoms with van der Waals surface area (Å²) in [6.07, 6.45) is -4.73. The molecule has 0 radical (unpaired) electrons. The number of rotatable bonds is 3. The van der Waals surface area contributed by atoms with Crippen LogP contribution in [0.5, 0.6) is 0 Å². The minimum atomic E-state index is -4.41. The van der Waals surface area contributed by atoms with Gasteiger partial charge in [-0.2, -0.15) is 13.2 Å². The lowest BCUT2D eigenvalue weighted by atomic mass is 10.1. The van der Waals surface area contributed by atoms with Crippen molar-refractivity contribution >= 4 is 22.6 Å². The smallest absolute Gasteiger partial charge is 0.416 e. The molecule has 0 amide bonds. The first kappa shape index (κ1) is 17.5. The molecule has 0 aliphatic carbocycles. The van der Waals surface area contributed by atoms with Gasteiger partial charge in [0.05, 0.1) is 30.8 Å². The Morgan fingerprint density at radius 2 is 2.20 bits per heavy atom. The molecule has 1 aliphatic heterocycles. The topological polar surface area (TPSA) is 51.7 Å². The second-order valence-corrected chi connectivity index (χ2v) is 5.63. The zero-order valence-corrected chi connectivity index (χ0v) is 13.5. The second kappa shape index (κ2) is 6.87. The van der Waals surface area contributed by atoms with Gasteiger partial charge in [0.15, 0.2) is 6.10 Å². The number of carbonyl (C=O) groups excluding carboxylic acids is 1. The molecule has 2 aromatic rings. The van der Waals surface area contributed by atoms with E-state index in [1.54, 1.807) is 36.1 Å². The van der Waals surface area contributed by atoms with E-state index in [1.165, 1.54) is 6.20 Å². The Morgan fingerprint density at radius 1 is 1.40 bits per heavy atom. The van der Waals surface area contributed by atoms with E-state index in [-0.39, 0.29) is 19.8 Å². The maximum atomic E-state index is 12.9. The molecule has 8 heteroatoms. The maximum Gasteiger partial charge on any atom is 0.416 e. The van der Waals surface area contributed by atoms with Crippen molar-refractivity contribution in [2.75, 3.05) is 31.2 Å². The molecule has 0 N–H and O–H groups in total. The number of morpholine rings is 1. The maximum absolute atomic E-state index is 12.9. The molecule has 1 saturated heterocycles. The fraction of sp³-hybridized carbons (Fsp3) is 0.412. The minimum Gasteiger partial charge on any atom is -0.462 e. The number of carbonyl (C=O) groups is 1. The van der Waals surface area contributed by atoms with Crippen molar-refractivity contribution in [3.63, 3.8) is 0 Å². The fourth-order valence-corrected chi connectivity index (χ4v) is 2.80. The van der Waals surface area contributed by atoms with Crippen molar-refractivity contribution in [1.29, 1.82) is 0 Å². The van der Waals surface area contributed by atoms with E-state index in [2.05, 4.69) is 4.98 Å².